The van der Waals surface area contributed by atoms with Gasteiger partial charge in [-0.3, -0.25) is 0 Å². The van der Waals surface area contributed by atoms with Gasteiger partial charge in [-0.1, -0.05) is 24.3 Å². The molecule has 0 bridgehead atoms. The van der Waals surface area contributed by atoms with Crippen LogP contribution >= 0.6 is 0 Å². The molecule has 1 heterocycles. The van der Waals surface area contributed by atoms with E-state index in [-0.39, 0.29) is 5.41 Å². The van der Waals surface area contributed by atoms with Gasteiger partial charge >= 0.3 is 0 Å². The van der Waals surface area contributed by atoms with Crippen molar-refractivity contribution in [3.05, 3.63) is 42.0 Å². The van der Waals surface area contributed by atoms with E-state index in [1.54, 1.807) is 6.07 Å². The molecular weight excluding hydrogens is 222 g/mol. The Hall–Kier alpha value is -1.28. The Labute approximate surface area is 109 Å². The number of benzene rings is 1. The van der Waals surface area contributed by atoms with Crippen molar-refractivity contribution in [1.82, 2.24) is 4.90 Å². The Morgan fingerprint density at radius 3 is 3.06 bits per heavy atom. The van der Waals surface area contributed by atoms with Crippen molar-refractivity contribution in [3.63, 3.8) is 0 Å². The van der Waals surface area contributed by atoms with Crippen LogP contribution in [-0.4, -0.2) is 30.1 Å². The van der Waals surface area contributed by atoms with Crippen LogP contribution in [0.2, 0.25) is 0 Å². The molecule has 0 amide bonds. The fourth-order valence-corrected chi connectivity index (χ4v) is 3.67. The third-order valence-corrected chi connectivity index (χ3v) is 4.74. The Balaban J connectivity index is 2.02. The zero-order valence-corrected chi connectivity index (χ0v) is 11.0. The van der Waals surface area contributed by atoms with Crippen LogP contribution in [0.3, 0.4) is 0 Å². The Morgan fingerprint density at radius 1 is 1.33 bits per heavy atom. The van der Waals surface area contributed by atoms with Gasteiger partial charge in [-0.05, 0) is 56.5 Å². The summed E-state index contributed by atoms with van der Waals surface area (Å²) in [5.41, 5.74) is 1.57. The second-order valence-corrected chi connectivity index (χ2v) is 5.83. The molecule has 3 rings (SSSR count). The molecule has 1 fully saturated rings. The molecule has 1 N–H and O–H groups in total. The lowest BCUT2D eigenvalue weighted by atomic mass is 9.61. The molecule has 1 unspecified atom stereocenters. The maximum absolute atomic E-state index is 9.75. The fourth-order valence-electron chi connectivity index (χ4n) is 3.67. The van der Waals surface area contributed by atoms with Crippen LogP contribution in [0.5, 0.6) is 5.75 Å². The molecule has 1 aromatic carbocycles. The number of nitrogens with zero attached hydrogens (tertiary/aromatic N) is 1. The summed E-state index contributed by atoms with van der Waals surface area (Å²) >= 11 is 0. The lowest BCUT2D eigenvalue weighted by molar-refractivity contribution is 0.106. The maximum atomic E-state index is 9.75. The summed E-state index contributed by atoms with van der Waals surface area (Å²) in [4.78, 5) is 2.44. The van der Waals surface area contributed by atoms with E-state index in [1.165, 1.54) is 24.9 Å². The van der Waals surface area contributed by atoms with E-state index < -0.39 is 0 Å². The minimum Gasteiger partial charge on any atom is -0.508 e. The van der Waals surface area contributed by atoms with Gasteiger partial charge in [0.1, 0.15) is 5.75 Å². The van der Waals surface area contributed by atoms with Gasteiger partial charge in [0.25, 0.3) is 0 Å². The summed E-state index contributed by atoms with van der Waals surface area (Å²) in [6, 6.07) is 7.91. The van der Waals surface area contributed by atoms with Crippen molar-refractivity contribution in [2.75, 3.05) is 20.1 Å². The highest BCUT2D eigenvalue weighted by Crippen LogP contribution is 2.47. The van der Waals surface area contributed by atoms with Crippen LogP contribution in [0.25, 0.3) is 0 Å². The molecule has 0 radical (unpaired) electrons. The summed E-state index contributed by atoms with van der Waals surface area (Å²) in [7, 11) is 2.21. The minimum absolute atomic E-state index is 0.250. The number of likely N-dealkylation sites (tertiary alicyclic amines) is 1. The van der Waals surface area contributed by atoms with Crippen LogP contribution in [0.4, 0.5) is 0 Å². The number of hydrogen-bond acceptors (Lipinski definition) is 2. The quantitative estimate of drug-likeness (QED) is 0.767. The first-order valence-corrected chi connectivity index (χ1v) is 6.84. The Bertz CT molecular complexity index is 468. The number of rotatable bonds is 1. The number of fused-ring (bicyclic) bond motifs is 1. The average Bonchev–Trinajstić information content (AvgIpc) is 2.38. The van der Waals surface area contributed by atoms with Gasteiger partial charge in [0.15, 0.2) is 0 Å². The average molecular weight is 243 g/mol. The number of allylic oxidation sites excluding steroid dienone is 2. The van der Waals surface area contributed by atoms with E-state index in [4.69, 9.17) is 0 Å². The van der Waals surface area contributed by atoms with Crippen molar-refractivity contribution in [3.8, 4) is 5.75 Å². The molecule has 0 aromatic heterocycles. The van der Waals surface area contributed by atoms with Gasteiger partial charge in [-0.15, -0.1) is 0 Å². The highest BCUT2D eigenvalue weighted by atomic mass is 16.3. The predicted octanol–water partition coefficient (Wildman–Crippen LogP) is 2.93. The van der Waals surface area contributed by atoms with E-state index >= 15 is 0 Å². The molecule has 2 aliphatic rings. The Morgan fingerprint density at radius 2 is 2.22 bits per heavy atom. The van der Waals surface area contributed by atoms with Crippen LogP contribution in [-0.2, 0) is 5.41 Å². The summed E-state index contributed by atoms with van der Waals surface area (Å²) in [5.74, 6) is 1.08. The third-order valence-electron chi connectivity index (χ3n) is 4.74. The van der Waals surface area contributed by atoms with Crippen LogP contribution in [0.1, 0.15) is 24.8 Å². The van der Waals surface area contributed by atoms with Gasteiger partial charge in [0.2, 0.25) is 0 Å². The first-order valence-electron chi connectivity index (χ1n) is 6.84. The normalized spacial score (nSPS) is 32.2. The maximum Gasteiger partial charge on any atom is 0.115 e. The predicted molar refractivity (Wildman–Crippen MR) is 73.8 cm³/mol. The molecule has 0 saturated carbocycles. The number of aromatic hydroxyl groups is 1. The zero-order chi connectivity index (χ0) is 12.6. The van der Waals surface area contributed by atoms with Crippen molar-refractivity contribution < 1.29 is 5.11 Å². The van der Waals surface area contributed by atoms with Gasteiger partial charge in [-0.2, -0.15) is 0 Å². The highest BCUT2D eigenvalue weighted by Gasteiger charge is 2.43. The van der Waals surface area contributed by atoms with Gasteiger partial charge in [-0.25, -0.2) is 0 Å². The monoisotopic (exact) mass is 243 g/mol. The molecule has 1 saturated heterocycles. The molecular formula is C16H21NO. The molecule has 1 aliphatic heterocycles. The molecule has 2 heteroatoms. The van der Waals surface area contributed by atoms with Crippen molar-refractivity contribution >= 4 is 0 Å². The third kappa shape index (κ3) is 1.85. The summed E-state index contributed by atoms with van der Waals surface area (Å²) < 4.78 is 0. The highest BCUT2D eigenvalue weighted by molar-refractivity contribution is 5.36. The smallest absolute Gasteiger partial charge is 0.115 e. The summed E-state index contributed by atoms with van der Waals surface area (Å²) in [6.45, 7) is 2.32. The fraction of sp³-hybridized carbons (Fsp3) is 0.500. The van der Waals surface area contributed by atoms with Gasteiger partial charge in [0, 0.05) is 12.0 Å². The molecule has 18 heavy (non-hydrogen) atoms. The zero-order valence-electron chi connectivity index (χ0n) is 11.0. The Kier molecular flexibility index (Phi) is 2.90. The molecule has 1 aromatic rings. The van der Waals surface area contributed by atoms with Crippen molar-refractivity contribution in [1.29, 1.82) is 0 Å². The number of piperidine rings is 1. The van der Waals surface area contributed by atoms with Crippen LogP contribution in [0, 0.1) is 5.92 Å². The van der Waals surface area contributed by atoms with Gasteiger partial charge < -0.3 is 10.0 Å². The van der Waals surface area contributed by atoms with E-state index in [1.807, 2.05) is 12.1 Å². The van der Waals surface area contributed by atoms with Crippen molar-refractivity contribution in [2.45, 2.75) is 24.7 Å². The van der Waals surface area contributed by atoms with Crippen molar-refractivity contribution in [2.24, 2.45) is 5.92 Å². The largest absolute Gasteiger partial charge is 0.508 e. The first-order chi connectivity index (χ1) is 8.71. The standard InChI is InChI=1S/C16H21NO/c1-17-10-9-16(8-3-2-5-14(16)12-17)13-6-4-7-15(18)11-13/h2-4,6-7,11,14,18H,5,8-10,12H2,1H3/t14-,16?/m0/s1. The lowest BCUT2D eigenvalue weighted by Gasteiger charge is -2.49. The molecule has 96 valence electrons. The first kappa shape index (κ1) is 11.8. The summed E-state index contributed by atoms with van der Waals surface area (Å²) in [6.07, 6.45) is 8.13. The van der Waals surface area contributed by atoms with Crippen LogP contribution in [0.15, 0.2) is 36.4 Å². The topological polar surface area (TPSA) is 23.5 Å². The second-order valence-electron chi connectivity index (χ2n) is 5.83. The van der Waals surface area contributed by atoms with E-state index in [2.05, 4.69) is 30.2 Å². The molecule has 2 atom stereocenters. The second kappa shape index (κ2) is 4.43. The van der Waals surface area contributed by atoms with E-state index in [9.17, 15) is 5.11 Å². The van der Waals surface area contributed by atoms with Crippen LogP contribution < -0.4 is 0 Å². The molecule has 2 nitrogen and oxygen atoms in total. The number of hydrogen-bond donors (Lipinski definition) is 1. The van der Waals surface area contributed by atoms with E-state index in [0.717, 1.165) is 13.0 Å². The van der Waals surface area contributed by atoms with E-state index in [0.29, 0.717) is 11.7 Å². The lowest BCUT2D eigenvalue weighted by Crippen LogP contribution is -2.49. The summed E-state index contributed by atoms with van der Waals surface area (Å²) in [5, 5.41) is 9.75. The number of phenols is 1. The molecule has 1 aliphatic carbocycles. The van der Waals surface area contributed by atoms with Gasteiger partial charge in [0.05, 0.1) is 0 Å². The minimum atomic E-state index is 0.250. The number of phenolic OH excluding ortho intramolecular Hbond substituents is 1. The molecule has 0 spiro atoms. The SMILES string of the molecule is CN1CCC2(c3cccc(O)c3)CC=CC[C@H]2C1.